The average molecular weight is 243 g/mol. The van der Waals surface area contributed by atoms with E-state index in [1.165, 1.54) is 0 Å². The topological polar surface area (TPSA) is 76.1 Å². The first-order chi connectivity index (χ1) is 8.15. The highest BCUT2D eigenvalue weighted by Crippen LogP contribution is 2.19. The molecule has 2 fully saturated rings. The molecule has 2 saturated heterocycles. The van der Waals surface area contributed by atoms with Crippen LogP contribution in [0.1, 0.15) is 19.3 Å². The van der Waals surface area contributed by atoms with Crippen molar-refractivity contribution in [2.24, 2.45) is 5.92 Å². The highest BCUT2D eigenvalue weighted by molar-refractivity contribution is 5.70. The van der Waals surface area contributed by atoms with E-state index in [1.807, 2.05) is 0 Å². The maximum Gasteiger partial charge on any atom is 0.409 e. The van der Waals surface area contributed by atoms with Crippen LogP contribution >= 0.6 is 0 Å². The third kappa shape index (κ3) is 3.33. The first-order valence-corrected chi connectivity index (χ1v) is 5.90. The Kier molecular flexibility index (Phi) is 3.83. The second-order valence-corrected chi connectivity index (χ2v) is 4.58. The maximum atomic E-state index is 11.5. The van der Waals surface area contributed by atoms with Gasteiger partial charge in [-0.1, -0.05) is 0 Å². The molecule has 0 aromatic carbocycles. The van der Waals surface area contributed by atoms with Gasteiger partial charge in [-0.25, -0.2) is 4.79 Å². The molecule has 2 aliphatic heterocycles. The third-order valence-electron chi connectivity index (χ3n) is 3.09. The minimum atomic E-state index is -0.856. The molecule has 2 rings (SSSR count). The molecule has 96 valence electrons. The van der Waals surface area contributed by atoms with Gasteiger partial charge in [0, 0.05) is 19.1 Å². The lowest BCUT2D eigenvalue weighted by atomic mass is 10.0. The number of amides is 1. The number of carbonyl (C=O) groups is 2. The number of carboxylic acid groups (broad SMARTS) is 1. The number of carboxylic acids is 1. The standard InChI is InChI=1S/C11H17NO5/c13-10(14)4-8-5-12(11(15)17-7-8)6-9-2-1-3-16-9/h8-9H,1-7H2,(H,13,14). The van der Waals surface area contributed by atoms with E-state index >= 15 is 0 Å². The molecule has 0 saturated carbocycles. The van der Waals surface area contributed by atoms with Gasteiger partial charge >= 0.3 is 12.1 Å². The molecule has 6 nitrogen and oxygen atoms in total. The van der Waals surface area contributed by atoms with Gasteiger partial charge in [0.25, 0.3) is 0 Å². The van der Waals surface area contributed by atoms with Gasteiger partial charge in [0.2, 0.25) is 0 Å². The van der Waals surface area contributed by atoms with Gasteiger partial charge in [-0.15, -0.1) is 0 Å². The summed E-state index contributed by atoms with van der Waals surface area (Å²) in [7, 11) is 0. The van der Waals surface area contributed by atoms with Gasteiger partial charge in [-0.05, 0) is 12.8 Å². The van der Waals surface area contributed by atoms with Gasteiger partial charge in [-0.2, -0.15) is 0 Å². The van der Waals surface area contributed by atoms with E-state index in [-0.39, 0.29) is 31.1 Å². The van der Waals surface area contributed by atoms with Crippen molar-refractivity contribution in [3.05, 3.63) is 0 Å². The first-order valence-electron chi connectivity index (χ1n) is 5.90. The van der Waals surface area contributed by atoms with Gasteiger partial charge in [0.15, 0.2) is 0 Å². The molecule has 17 heavy (non-hydrogen) atoms. The van der Waals surface area contributed by atoms with Crippen molar-refractivity contribution in [2.75, 3.05) is 26.3 Å². The zero-order chi connectivity index (χ0) is 12.3. The van der Waals surface area contributed by atoms with Crippen LogP contribution in [0.3, 0.4) is 0 Å². The summed E-state index contributed by atoms with van der Waals surface area (Å²) in [5.74, 6) is -0.975. The van der Waals surface area contributed by atoms with Gasteiger partial charge in [0.1, 0.15) is 0 Å². The maximum absolute atomic E-state index is 11.5. The fourth-order valence-corrected chi connectivity index (χ4v) is 2.27. The van der Waals surface area contributed by atoms with Crippen molar-refractivity contribution in [3.8, 4) is 0 Å². The summed E-state index contributed by atoms with van der Waals surface area (Å²) >= 11 is 0. The summed E-state index contributed by atoms with van der Waals surface area (Å²) in [6.45, 7) is 1.90. The summed E-state index contributed by atoms with van der Waals surface area (Å²) < 4.78 is 10.4. The lowest BCUT2D eigenvalue weighted by Crippen LogP contribution is -2.46. The largest absolute Gasteiger partial charge is 0.481 e. The van der Waals surface area contributed by atoms with Crippen LogP contribution in [-0.2, 0) is 14.3 Å². The molecule has 2 atom stereocenters. The number of cyclic esters (lactones) is 1. The van der Waals surface area contributed by atoms with Crippen molar-refractivity contribution in [1.82, 2.24) is 4.90 Å². The van der Waals surface area contributed by atoms with Crippen molar-refractivity contribution in [2.45, 2.75) is 25.4 Å². The van der Waals surface area contributed by atoms with E-state index < -0.39 is 5.97 Å². The Morgan fingerprint density at radius 2 is 2.35 bits per heavy atom. The fourth-order valence-electron chi connectivity index (χ4n) is 2.27. The molecular formula is C11H17NO5. The normalized spacial score (nSPS) is 29.2. The van der Waals surface area contributed by atoms with Gasteiger partial charge < -0.3 is 19.5 Å². The summed E-state index contributed by atoms with van der Waals surface area (Å²) in [4.78, 5) is 23.7. The van der Waals surface area contributed by atoms with Crippen LogP contribution in [-0.4, -0.2) is 54.5 Å². The molecule has 2 heterocycles. The predicted molar refractivity (Wildman–Crippen MR) is 57.6 cm³/mol. The number of carbonyl (C=O) groups excluding carboxylic acids is 1. The van der Waals surface area contributed by atoms with E-state index in [0.717, 1.165) is 19.4 Å². The Morgan fingerprint density at radius 1 is 1.53 bits per heavy atom. The average Bonchev–Trinajstić information content (AvgIpc) is 2.75. The molecule has 1 N–H and O–H groups in total. The van der Waals surface area contributed by atoms with E-state index in [1.54, 1.807) is 4.90 Å². The van der Waals surface area contributed by atoms with Crippen LogP contribution < -0.4 is 0 Å². The van der Waals surface area contributed by atoms with Crippen molar-refractivity contribution in [1.29, 1.82) is 0 Å². The zero-order valence-corrected chi connectivity index (χ0v) is 9.63. The van der Waals surface area contributed by atoms with Crippen LogP contribution in [0.25, 0.3) is 0 Å². The minimum absolute atomic E-state index is 0.0370. The third-order valence-corrected chi connectivity index (χ3v) is 3.09. The molecule has 1 amide bonds. The Labute approximate surface area is 99.5 Å². The van der Waals surface area contributed by atoms with Crippen molar-refractivity contribution < 1.29 is 24.2 Å². The van der Waals surface area contributed by atoms with E-state index in [9.17, 15) is 9.59 Å². The van der Waals surface area contributed by atoms with Gasteiger partial charge in [-0.3, -0.25) is 4.79 Å². The molecular weight excluding hydrogens is 226 g/mol. The van der Waals surface area contributed by atoms with E-state index in [2.05, 4.69) is 0 Å². The molecule has 6 heteroatoms. The molecule has 0 radical (unpaired) electrons. The number of hydrogen-bond acceptors (Lipinski definition) is 4. The highest BCUT2D eigenvalue weighted by atomic mass is 16.6. The lowest BCUT2D eigenvalue weighted by Gasteiger charge is -2.32. The number of nitrogens with zero attached hydrogens (tertiary/aromatic N) is 1. The summed E-state index contributed by atoms with van der Waals surface area (Å²) in [6.07, 6.45) is 1.72. The van der Waals surface area contributed by atoms with Crippen LogP contribution in [0, 0.1) is 5.92 Å². The lowest BCUT2D eigenvalue weighted by molar-refractivity contribution is -0.139. The highest BCUT2D eigenvalue weighted by Gasteiger charge is 2.31. The van der Waals surface area contributed by atoms with Crippen LogP contribution in [0.4, 0.5) is 4.79 Å². The molecule has 0 spiro atoms. The van der Waals surface area contributed by atoms with E-state index in [0.29, 0.717) is 13.1 Å². The second-order valence-electron chi connectivity index (χ2n) is 4.58. The minimum Gasteiger partial charge on any atom is -0.481 e. The van der Waals surface area contributed by atoms with Crippen LogP contribution in [0.2, 0.25) is 0 Å². The Morgan fingerprint density at radius 3 is 3.00 bits per heavy atom. The molecule has 0 aliphatic carbocycles. The number of aliphatic carboxylic acids is 1. The summed E-state index contributed by atoms with van der Waals surface area (Å²) in [5, 5.41) is 8.72. The molecule has 0 aromatic rings. The molecule has 2 unspecified atom stereocenters. The Balaban J connectivity index is 1.85. The van der Waals surface area contributed by atoms with Crippen molar-refractivity contribution in [3.63, 3.8) is 0 Å². The zero-order valence-electron chi connectivity index (χ0n) is 9.63. The number of hydrogen-bond donors (Lipinski definition) is 1. The smallest absolute Gasteiger partial charge is 0.409 e. The quantitative estimate of drug-likeness (QED) is 0.786. The van der Waals surface area contributed by atoms with Gasteiger partial charge in [0.05, 0.1) is 25.7 Å². The Hall–Kier alpha value is -1.30. The van der Waals surface area contributed by atoms with E-state index in [4.69, 9.17) is 14.6 Å². The second kappa shape index (κ2) is 5.35. The van der Waals surface area contributed by atoms with Crippen LogP contribution in [0.15, 0.2) is 0 Å². The molecule has 0 bridgehead atoms. The summed E-state index contributed by atoms with van der Waals surface area (Å²) in [6, 6.07) is 0. The Bertz CT molecular complexity index is 300. The first kappa shape index (κ1) is 12.2. The predicted octanol–water partition coefficient (Wildman–Crippen LogP) is 0.708. The summed E-state index contributed by atoms with van der Waals surface area (Å²) in [5.41, 5.74) is 0. The molecule has 0 aromatic heterocycles. The monoisotopic (exact) mass is 243 g/mol. The number of rotatable bonds is 4. The number of ether oxygens (including phenoxy) is 2. The van der Waals surface area contributed by atoms with Crippen molar-refractivity contribution >= 4 is 12.1 Å². The molecule has 2 aliphatic rings. The SMILES string of the molecule is O=C(O)CC1COC(=O)N(CC2CCCO2)C1. The van der Waals surface area contributed by atoms with Crippen LogP contribution in [0.5, 0.6) is 0 Å². The fraction of sp³-hybridized carbons (Fsp3) is 0.818.